The third-order valence-corrected chi connectivity index (χ3v) is 4.85. The maximum absolute atomic E-state index is 12.4. The maximum Gasteiger partial charge on any atom is 0.223 e. The first-order chi connectivity index (χ1) is 10.9. The van der Waals surface area contributed by atoms with E-state index in [1.54, 1.807) is 0 Å². The molecule has 1 saturated heterocycles. The molecule has 0 N–H and O–H groups in total. The van der Waals surface area contributed by atoms with Crippen molar-refractivity contribution >= 4 is 5.91 Å². The molecule has 0 unspecified atom stereocenters. The van der Waals surface area contributed by atoms with Gasteiger partial charge in [0.05, 0.1) is 17.4 Å². The van der Waals surface area contributed by atoms with Gasteiger partial charge < -0.3 is 4.90 Å². The van der Waals surface area contributed by atoms with Crippen molar-refractivity contribution in [3.63, 3.8) is 0 Å². The lowest BCUT2D eigenvalue weighted by atomic mass is 10.0. The van der Waals surface area contributed by atoms with Gasteiger partial charge in [-0.1, -0.05) is 0 Å². The van der Waals surface area contributed by atoms with Gasteiger partial charge in [-0.2, -0.15) is 10.2 Å². The molecule has 6 nitrogen and oxygen atoms in total. The van der Waals surface area contributed by atoms with Gasteiger partial charge in [0.2, 0.25) is 5.91 Å². The number of hydrogen-bond acceptors (Lipinski definition) is 3. The summed E-state index contributed by atoms with van der Waals surface area (Å²) in [5.41, 5.74) is 5.59. The first-order valence-electron chi connectivity index (χ1n) is 8.16. The van der Waals surface area contributed by atoms with Crippen molar-refractivity contribution in [1.29, 1.82) is 0 Å². The average Bonchev–Trinajstić information content (AvgIpc) is 2.87. The van der Waals surface area contributed by atoms with Crippen LogP contribution in [0.5, 0.6) is 0 Å². The molecule has 1 aliphatic rings. The Morgan fingerprint density at radius 2 is 1.91 bits per heavy atom. The second-order valence-electron chi connectivity index (χ2n) is 6.60. The van der Waals surface area contributed by atoms with E-state index in [1.807, 2.05) is 30.5 Å². The van der Waals surface area contributed by atoms with E-state index < -0.39 is 0 Å². The molecule has 1 amide bonds. The van der Waals surface area contributed by atoms with Gasteiger partial charge in [-0.05, 0) is 45.7 Å². The molecule has 6 heteroatoms. The first kappa shape index (κ1) is 15.8. The van der Waals surface area contributed by atoms with Crippen molar-refractivity contribution in [2.45, 2.75) is 46.6 Å². The molecular formula is C17H25N5O. The smallest absolute Gasteiger partial charge is 0.223 e. The standard InChI is InChI=1S/C17H25N5O/c1-11-8-12(2)22(18-11)15-9-21(10-15)17(23)7-6-16-13(3)19-20(5)14(16)4/h8,15H,6-7,9-10H2,1-5H3. The summed E-state index contributed by atoms with van der Waals surface area (Å²) in [7, 11) is 1.95. The monoisotopic (exact) mass is 315 g/mol. The van der Waals surface area contributed by atoms with Crippen molar-refractivity contribution < 1.29 is 4.79 Å². The molecule has 124 valence electrons. The van der Waals surface area contributed by atoms with Crippen molar-refractivity contribution in [3.05, 3.63) is 34.4 Å². The maximum atomic E-state index is 12.4. The Hall–Kier alpha value is -2.11. The fourth-order valence-corrected chi connectivity index (χ4v) is 3.40. The van der Waals surface area contributed by atoms with Crippen LogP contribution in [0.1, 0.15) is 40.8 Å². The number of aryl methyl sites for hydroxylation is 4. The molecule has 0 spiro atoms. The number of carbonyl (C=O) groups excluding carboxylic acids is 1. The van der Waals surface area contributed by atoms with Gasteiger partial charge in [-0.3, -0.25) is 14.2 Å². The van der Waals surface area contributed by atoms with Crippen molar-refractivity contribution in [1.82, 2.24) is 24.5 Å². The summed E-state index contributed by atoms with van der Waals surface area (Å²) in [6, 6.07) is 2.41. The lowest BCUT2D eigenvalue weighted by molar-refractivity contribution is -0.137. The van der Waals surface area contributed by atoms with E-state index in [1.165, 1.54) is 11.3 Å². The van der Waals surface area contributed by atoms with Gasteiger partial charge in [-0.25, -0.2) is 0 Å². The summed E-state index contributed by atoms with van der Waals surface area (Å²) in [6.45, 7) is 9.68. The highest BCUT2D eigenvalue weighted by molar-refractivity contribution is 5.77. The number of amides is 1. The fourth-order valence-electron chi connectivity index (χ4n) is 3.40. The number of nitrogens with zero attached hydrogens (tertiary/aromatic N) is 5. The topological polar surface area (TPSA) is 56.0 Å². The number of carbonyl (C=O) groups is 1. The Morgan fingerprint density at radius 3 is 2.43 bits per heavy atom. The molecule has 0 atom stereocenters. The Labute approximate surface area is 137 Å². The van der Waals surface area contributed by atoms with Gasteiger partial charge in [0, 0.05) is 37.9 Å². The van der Waals surface area contributed by atoms with Gasteiger partial charge in [0.1, 0.15) is 0 Å². The largest absolute Gasteiger partial charge is 0.338 e. The van der Waals surface area contributed by atoms with E-state index in [-0.39, 0.29) is 5.91 Å². The number of hydrogen-bond donors (Lipinski definition) is 0. The quantitative estimate of drug-likeness (QED) is 0.865. The summed E-state index contributed by atoms with van der Waals surface area (Å²) in [6.07, 6.45) is 1.32. The van der Waals surface area contributed by atoms with Gasteiger partial charge >= 0.3 is 0 Å². The van der Waals surface area contributed by atoms with Crippen LogP contribution >= 0.6 is 0 Å². The van der Waals surface area contributed by atoms with Crippen LogP contribution in [0, 0.1) is 27.7 Å². The summed E-state index contributed by atoms with van der Waals surface area (Å²) < 4.78 is 3.94. The Morgan fingerprint density at radius 1 is 1.22 bits per heavy atom. The molecule has 2 aromatic rings. The van der Waals surface area contributed by atoms with Gasteiger partial charge in [0.15, 0.2) is 0 Å². The molecular weight excluding hydrogens is 290 g/mol. The summed E-state index contributed by atoms with van der Waals surface area (Å²) in [5.74, 6) is 0.227. The molecule has 0 aromatic carbocycles. The molecule has 0 bridgehead atoms. The lowest BCUT2D eigenvalue weighted by Gasteiger charge is -2.39. The molecule has 3 rings (SSSR count). The highest BCUT2D eigenvalue weighted by Crippen LogP contribution is 2.24. The van der Waals surface area contributed by atoms with E-state index in [0.29, 0.717) is 12.5 Å². The predicted octanol–water partition coefficient (Wildman–Crippen LogP) is 1.87. The minimum Gasteiger partial charge on any atom is -0.338 e. The van der Waals surface area contributed by atoms with Crippen LogP contribution in [0.25, 0.3) is 0 Å². The third-order valence-electron chi connectivity index (χ3n) is 4.85. The summed E-state index contributed by atoms with van der Waals surface area (Å²) in [4.78, 5) is 14.3. The summed E-state index contributed by atoms with van der Waals surface area (Å²) >= 11 is 0. The van der Waals surface area contributed by atoms with Crippen LogP contribution < -0.4 is 0 Å². The molecule has 2 aromatic heterocycles. The highest BCUT2D eigenvalue weighted by Gasteiger charge is 2.32. The fraction of sp³-hybridized carbons (Fsp3) is 0.588. The van der Waals surface area contributed by atoms with Gasteiger partial charge in [-0.15, -0.1) is 0 Å². The SMILES string of the molecule is Cc1cc(C)n(C2CN(C(=O)CCc3c(C)nn(C)c3C)C2)n1. The number of aromatic nitrogens is 4. The van der Waals surface area contributed by atoms with E-state index >= 15 is 0 Å². The molecule has 0 aliphatic carbocycles. The summed E-state index contributed by atoms with van der Waals surface area (Å²) in [5, 5.41) is 8.92. The van der Waals surface area contributed by atoms with E-state index in [2.05, 4.69) is 34.8 Å². The second-order valence-corrected chi connectivity index (χ2v) is 6.60. The minimum absolute atomic E-state index is 0.227. The van der Waals surface area contributed by atoms with Crippen LogP contribution in [-0.4, -0.2) is 43.5 Å². The van der Waals surface area contributed by atoms with Crippen LogP contribution in [0.4, 0.5) is 0 Å². The molecule has 23 heavy (non-hydrogen) atoms. The number of likely N-dealkylation sites (tertiary alicyclic amines) is 1. The first-order valence-corrected chi connectivity index (χ1v) is 8.16. The van der Waals surface area contributed by atoms with E-state index in [0.717, 1.165) is 36.6 Å². The highest BCUT2D eigenvalue weighted by atomic mass is 16.2. The molecule has 3 heterocycles. The van der Waals surface area contributed by atoms with Crippen molar-refractivity contribution in [2.24, 2.45) is 7.05 Å². The predicted molar refractivity (Wildman–Crippen MR) is 88.3 cm³/mol. The molecule has 0 saturated carbocycles. The van der Waals surface area contributed by atoms with Crippen LogP contribution in [0.3, 0.4) is 0 Å². The van der Waals surface area contributed by atoms with Crippen molar-refractivity contribution in [2.75, 3.05) is 13.1 Å². The molecule has 1 aliphatic heterocycles. The van der Waals surface area contributed by atoms with Crippen LogP contribution in [-0.2, 0) is 18.3 Å². The van der Waals surface area contributed by atoms with Crippen LogP contribution in [0.15, 0.2) is 6.07 Å². The van der Waals surface area contributed by atoms with Crippen molar-refractivity contribution in [3.8, 4) is 0 Å². The second kappa shape index (κ2) is 5.83. The zero-order chi connectivity index (χ0) is 16.7. The Bertz CT molecular complexity index is 736. The number of rotatable bonds is 4. The molecule has 1 fully saturated rings. The lowest BCUT2D eigenvalue weighted by Crippen LogP contribution is -2.51. The third kappa shape index (κ3) is 2.90. The zero-order valence-electron chi connectivity index (χ0n) is 14.6. The molecule has 0 radical (unpaired) electrons. The average molecular weight is 315 g/mol. The van der Waals surface area contributed by atoms with E-state index in [9.17, 15) is 4.79 Å². The van der Waals surface area contributed by atoms with E-state index in [4.69, 9.17) is 0 Å². The van der Waals surface area contributed by atoms with Gasteiger partial charge in [0.25, 0.3) is 0 Å². The normalized spacial score (nSPS) is 15.1. The Kier molecular flexibility index (Phi) is 4.00. The van der Waals surface area contributed by atoms with Crippen LogP contribution in [0.2, 0.25) is 0 Å². The Balaban J connectivity index is 1.54. The zero-order valence-corrected chi connectivity index (χ0v) is 14.6. The minimum atomic E-state index is 0.227.